The van der Waals surface area contributed by atoms with E-state index in [0.717, 1.165) is 15.7 Å². The minimum atomic E-state index is -0.513. The highest BCUT2D eigenvalue weighted by Crippen LogP contribution is 2.37. The highest BCUT2D eigenvalue weighted by atomic mass is 35.5. The summed E-state index contributed by atoms with van der Waals surface area (Å²) in [6.07, 6.45) is 0. The number of carbonyl (C=O) groups excluding carboxylic acids is 2. The average molecular weight is 443 g/mol. The number of benzene rings is 4. The fourth-order valence-electron chi connectivity index (χ4n) is 3.86. The van der Waals surface area contributed by atoms with Gasteiger partial charge >= 0.3 is 0 Å². The van der Waals surface area contributed by atoms with Crippen molar-refractivity contribution < 1.29 is 14.0 Å². The predicted octanol–water partition coefficient (Wildman–Crippen LogP) is 6.03. The van der Waals surface area contributed by atoms with E-state index in [4.69, 9.17) is 11.6 Å². The largest absolute Gasteiger partial charge is 0.350 e. The molecule has 32 heavy (non-hydrogen) atoms. The summed E-state index contributed by atoms with van der Waals surface area (Å²) >= 11 is 6.02. The van der Waals surface area contributed by atoms with E-state index in [1.807, 2.05) is 30.3 Å². The van der Waals surface area contributed by atoms with Gasteiger partial charge in [0.25, 0.3) is 11.8 Å². The number of rotatable bonds is 4. The van der Waals surface area contributed by atoms with E-state index in [9.17, 15) is 14.0 Å². The van der Waals surface area contributed by atoms with Gasteiger partial charge in [-0.15, -0.1) is 0 Å². The highest BCUT2D eigenvalue weighted by Gasteiger charge is 2.40. The molecule has 1 aliphatic rings. The Balaban J connectivity index is 1.67. The van der Waals surface area contributed by atoms with Crippen LogP contribution >= 0.6 is 11.6 Å². The van der Waals surface area contributed by atoms with Crippen molar-refractivity contribution in [1.82, 2.24) is 0 Å². The van der Waals surface area contributed by atoms with E-state index in [0.29, 0.717) is 22.0 Å². The molecule has 4 nitrogen and oxygen atoms in total. The van der Waals surface area contributed by atoms with Crippen LogP contribution in [0, 0.1) is 5.82 Å². The Labute approximate surface area is 188 Å². The number of fused-ring (bicyclic) bond motifs is 1. The maximum Gasteiger partial charge on any atom is 0.282 e. The summed E-state index contributed by atoms with van der Waals surface area (Å²) in [4.78, 5) is 28.3. The number of nitrogens with one attached hydrogen (secondary N) is 1. The first-order chi connectivity index (χ1) is 15.5. The molecule has 0 aromatic heterocycles. The van der Waals surface area contributed by atoms with Crippen LogP contribution in [0.15, 0.2) is 96.7 Å². The molecule has 0 radical (unpaired) electrons. The molecule has 0 aliphatic carbocycles. The van der Waals surface area contributed by atoms with Gasteiger partial charge in [0.05, 0.1) is 11.3 Å². The number of amides is 2. The van der Waals surface area contributed by atoms with Gasteiger partial charge in [-0.05, 0) is 47.3 Å². The number of hydrogen-bond acceptors (Lipinski definition) is 3. The number of nitrogens with zero attached hydrogens (tertiary/aromatic N) is 1. The summed E-state index contributed by atoms with van der Waals surface area (Å²) in [6, 6.07) is 25.4. The quantitative estimate of drug-likeness (QED) is 0.393. The maximum absolute atomic E-state index is 13.8. The molecule has 1 aliphatic heterocycles. The van der Waals surface area contributed by atoms with Gasteiger partial charge in [-0.25, -0.2) is 9.29 Å². The third-order valence-corrected chi connectivity index (χ3v) is 5.57. The lowest BCUT2D eigenvalue weighted by atomic mass is 10.0. The molecular weight excluding hydrogens is 427 g/mol. The van der Waals surface area contributed by atoms with Gasteiger partial charge < -0.3 is 5.32 Å². The second-order valence-electron chi connectivity index (χ2n) is 7.34. The number of hydrogen-bond donors (Lipinski definition) is 1. The molecule has 1 N–H and O–H groups in total. The van der Waals surface area contributed by atoms with Gasteiger partial charge in [0, 0.05) is 16.1 Å². The Kier molecular flexibility index (Phi) is 4.96. The molecule has 0 saturated carbocycles. The van der Waals surface area contributed by atoms with E-state index in [1.54, 1.807) is 42.5 Å². The molecule has 1 heterocycles. The van der Waals surface area contributed by atoms with Crippen molar-refractivity contribution in [1.29, 1.82) is 0 Å². The molecule has 0 unspecified atom stereocenters. The van der Waals surface area contributed by atoms with Crippen molar-refractivity contribution in [3.05, 3.63) is 113 Å². The average Bonchev–Trinajstić information content (AvgIpc) is 3.03. The summed E-state index contributed by atoms with van der Waals surface area (Å²) < 4.78 is 13.8. The first-order valence-corrected chi connectivity index (χ1v) is 10.3. The molecular formula is C26H16ClFN2O2. The topological polar surface area (TPSA) is 49.4 Å². The fourth-order valence-corrected chi connectivity index (χ4v) is 3.99. The van der Waals surface area contributed by atoms with Crippen LogP contribution in [-0.2, 0) is 9.59 Å². The van der Waals surface area contributed by atoms with Gasteiger partial charge in [-0.3, -0.25) is 9.59 Å². The lowest BCUT2D eigenvalue weighted by Gasteiger charge is -2.18. The van der Waals surface area contributed by atoms with Gasteiger partial charge in [0.1, 0.15) is 11.5 Å². The number of anilines is 2. The van der Waals surface area contributed by atoms with Crippen LogP contribution in [0.25, 0.3) is 16.3 Å². The molecule has 0 fully saturated rings. The first kappa shape index (κ1) is 20.0. The monoisotopic (exact) mass is 442 g/mol. The summed E-state index contributed by atoms with van der Waals surface area (Å²) in [5.41, 5.74) is 1.67. The lowest BCUT2D eigenvalue weighted by Crippen LogP contribution is -2.32. The molecule has 156 valence electrons. The Morgan fingerprint density at radius 2 is 1.50 bits per heavy atom. The Hall–Kier alpha value is -3.96. The Morgan fingerprint density at radius 1 is 0.781 bits per heavy atom. The van der Waals surface area contributed by atoms with Crippen molar-refractivity contribution in [2.45, 2.75) is 0 Å². The van der Waals surface area contributed by atoms with Crippen LogP contribution in [0.3, 0.4) is 0 Å². The van der Waals surface area contributed by atoms with Crippen LogP contribution in [-0.4, -0.2) is 11.8 Å². The zero-order valence-electron chi connectivity index (χ0n) is 16.7. The molecule has 6 heteroatoms. The Bertz CT molecular complexity index is 1410. The molecule has 2 amide bonds. The predicted molar refractivity (Wildman–Crippen MR) is 125 cm³/mol. The molecule has 0 spiro atoms. The van der Waals surface area contributed by atoms with Crippen LogP contribution in [0.4, 0.5) is 15.8 Å². The zero-order valence-corrected chi connectivity index (χ0v) is 17.4. The first-order valence-electron chi connectivity index (χ1n) is 9.92. The number of halogens is 2. The Morgan fingerprint density at radius 3 is 2.28 bits per heavy atom. The second-order valence-corrected chi connectivity index (χ2v) is 7.77. The molecule has 0 bridgehead atoms. The van der Waals surface area contributed by atoms with E-state index < -0.39 is 17.6 Å². The molecule has 0 atom stereocenters. The van der Waals surface area contributed by atoms with Crippen molar-refractivity contribution in [2.75, 3.05) is 10.2 Å². The summed E-state index contributed by atoms with van der Waals surface area (Å²) in [7, 11) is 0. The van der Waals surface area contributed by atoms with Gasteiger partial charge in [-0.2, -0.15) is 0 Å². The number of imide groups is 1. The minimum absolute atomic E-state index is 0.0795. The minimum Gasteiger partial charge on any atom is -0.350 e. The number of carbonyl (C=O) groups is 2. The van der Waals surface area contributed by atoms with Crippen molar-refractivity contribution in [3.63, 3.8) is 0 Å². The van der Waals surface area contributed by atoms with Gasteiger partial charge in [-0.1, -0.05) is 66.2 Å². The van der Waals surface area contributed by atoms with Crippen LogP contribution in [0.1, 0.15) is 5.56 Å². The maximum atomic E-state index is 13.8. The summed E-state index contributed by atoms with van der Waals surface area (Å²) in [6.45, 7) is 0. The molecule has 4 aromatic carbocycles. The van der Waals surface area contributed by atoms with Crippen LogP contribution < -0.4 is 10.2 Å². The third kappa shape index (κ3) is 3.43. The van der Waals surface area contributed by atoms with Crippen LogP contribution in [0.2, 0.25) is 5.02 Å². The second kappa shape index (κ2) is 7.94. The van der Waals surface area contributed by atoms with E-state index in [-0.39, 0.29) is 11.3 Å². The van der Waals surface area contributed by atoms with Crippen molar-refractivity contribution >= 4 is 51.1 Å². The fraction of sp³-hybridized carbons (Fsp3) is 0. The van der Waals surface area contributed by atoms with Gasteiger partial charge in [0.15, 0.2) is 0 Å². The molecule has 0 saturated heterocycles. The zero-order chi connectivity index (χ0) is 22.2. The normalized spacial score (nSPS) is 13.9. The summed E-state index contributed by atoms with van der Waals surface area (Å²) in [5.74, 6) is -1.43. The third-order valence-electron chi connectivity index (χ3n) is 5.32. The lowest BCUT2D eigenvalue weighted by molar-refractivity contribution is -0.120. The standard InChI is InChI=1S/C26H16ClFN2O2/c27-18-13-11-17(12-14-18)23-24(29-20-8-4-7-19(28)15-20)26(32)30(25(23)31)22-10-3-6-16-5-1-2-9-21(16)22/h1-15,29H. The highest BCUT2D eigenvalue weighted by molar-refractivity contribution is 6.47. The van der Waals surface area contributed by atoms with E-state index in [1.165, 1.54) is 18.2 Å². The van der Waals surface area contributed by atoms with Crippen LogP contribution in [0.5, 0.6) is 0 Å². The smallest absolute Gasteiger partial charge is 0.282 e. The van der Waals surface area contributed by atoms with Gasteiger partial charge in [0.2, 0.25) is 0 Å². The van der Waals surface area contributed by atoms with E-state index >= 15 is 0 Å². The van der Waals surface area contributed by atoms with Crippen molar-refractivity contribution in [3.8, 4) is 0 Å². The summed E-state index contributed by atoms with van der Waals surface area (Å²) in [5, 5.41) is 5.16. The SMILES string of the molecule is O=C1C(Nc2cccc(F)c2)=C(c2ccc(Cl)cc2)C(=O)N1c1cccc2ccccc12. The van der Waals surface area contributed by atoms with Crippen molar-refractivity contribution in [2.24, 2.45) is 0 Å². The molecule has 5 rings (SSSR count). The molecule has 4 aromatic rings. The van der Waals surface area contributed by atoms with E-state index in [2.05, 4.69) is 5.32 Å².